The maximum atomic E-state index is 12.1. The van der Waals surface area contributed by atoms with Crippen LogP contribution in [0.15, 0.2) is 35.4 Å². The van der Waals surface area contributed by atoms with E-state index in [1.807, 2.05) is 24.5 Å². The molecule has 0 bridgehead atoms. The van der Waals surface area contributed by atoms with Crippen molar-refractivity contribution in [1.29, 1.82) is 0 Å². The first kappa shape index (κ1) is 18.7. The molecule has 134 valence electrons. The predicted octanol–water partition coefficient (Wildman–Crippen LogP) is 2.92. The van der Waals surface area contributed by atoms with Crippen LogP contribution in [0.3, 0.4) is 0 Å². The molecule has 0 aliphatic carbocycles. The second kappa shape index (κ2) is 8.46. The van der Waals surface area contributed by atoms with Crippen LogP contribution in [-0.4, -0.2) is 22.1 Å². The van der Waals surface area contributed by atoms with Crippen molar-refractivity contribution in [1.82, 2.24) is 9.55 Å². The number of anilines is 1. The highest BCUT2D eigenvalue weighted by molar-refractivity contribution is 5.91. The first-order chi connectivity index (χ1) is 11.9. The van der Waals surface area contributed by atoms with Crippen LogP contribution in [0.2, 0.25) is 0 Å². The van der Waals surface area contributed by atoms with Crippen molar-refractivity contribution in [2.75, 3.05) is 11.9 Å². The third kappa shape index (κ3) is 5.17. The zero-order valence-corrected chi connectivity index (χ0v) is 15.2. The fourth-order valence-corrected chi connectivity index (χ4v) is 2.39. The minimum atomic E-state index is -0.349. The summed E-state index contributed by atoms with van der Waals surface area (Å²) in [5.41, 5.74) is 1.37. The van der Waals surface area contributed by atoms with E-state index in [4.69, 9.17) is 4.74 Å². The van der Waals surface area contributed by atoms with E-state index in [0.29, 0.717) is 11.7 Å². The maximum absolute atomic E-state index is 12.1. The first-order valence-corrected chi connectivity index (χ1v) is 8.42. The third-order valence-corrected chi connectivity index (χ3v) is 3.95. The first-order valence-electron chi connectivity index (χ1n) is 8.42. The molecule has 0 aromatic carbocycles. The van der Waals surface area contributed by atoms with E-state index < -0.39 is 0 Å². The van der Waals surface area contributed by atoms with Gasteiger partial charge in [0.25, 0.3) is 5.91 Å². The molecule has 0 saturated carbocycles. The molecule has 0 aliphatic heterocycles. The van der Waals surface area contributed by atoms with Crippen molar-refractivity contribution in [3.8, 4) is 5.75 Å². The highest BCUT2D eigenvalue weighted by Crippen LogP contribution is 2.14. The zero-order valence-electron chi connectivity index (χ0n) is 15.2. The molecule has 2 heterocycles. The summed E-state index contributed by atoms with van der Waals surface area (Å²) in [7, 11) is 0. The number of rotatable bonds is 7. The van der Waals surface area contributed by atoms with Gasteiger partial charge in [-0.2, -0.15) is 0 Å². The number of hydrogen-bond donors (Lipinski definition) is 1. The van der Waals surface area contributed by atoms with Crippen molar-refractivity contribution >= 4 is 11.7 Å². The molecule has 0 atom stereocenters. The molecule has 6 heteroatoms. The molecule has 0 aliphatic rings. The Morgan fingerprint density at radius 3 is 2.76 bits per heavy atom. The van der Waals surface area contributed by atoms with Gasteiger partial charge in [0.2, 0.25) is 5.43 Å². The summed E-state index contributed by atoms with van der Waals surface area (Å²) in [5.74, 6) is 0.933. The SMILES string of the molecule is Cc1cccnc1NC(=O)COc1c(C)n(CCC(C)C)ccc1=O. The topological polar surface area (TPSA) is 73.2 Å². The number of carbonyl (C=O) groups is 1. The minimum Gasteiger partial charge on any atom is -0.478 e. The smallest absolute Gasteiger partial charge is 0.263 e. The molecule has 25 heavy (non-hydrogen) atoms. The fourth-order valence-electron chi connectivity index (χ4n) is 2.39. The van der Waals surface area contributed by atoms with Crippen LogP contribution in [0.5, 0.6) is 5.75 Å². The summed E-state index contributed by atoms with van der Waals surface area (Å²) in [5, 5.41) is 2.69. The van der Waals surface area contributed by atoms with Gasteiger partial charge in [-0.1, -0.05) is 19.9 Å². The lowest BCUT2D eigenvalue weighted by Gasteiger charge is -2.15. The van der Waals surface area contributed by atoms with Crippen LogP contribution < -0.4 is 15.5 Å². The summed E-state index contributed by atoms with van der Waals surface area (Å²) in [4.78, 5) is 28.3. The van der Waals surface area contributed by atoms with Crippen LogP contribution >= 0.6 is 0 Å². The van der Waals surface area contributed by atoms with Crippen molar-refractivity contribution in [3.05, 3.63) is 52.1 Å². The van der Waals surface area contributed by atoms with Gasteiger partial charge in [-0.15, -0.1) is 0 Å². The van der Waals surface area contributed by atoms with Crippen LogP contribution in [0.4, 0.5) is 5.82 Å². The molecular weight excluding hydrogens is 318 g/mol. The minimum absolute atomic E-state index is 0.221. The molecule has 1 amide bonds. The molecule has 1 N–H and O–H groups in total. The second-order valence-corrected chi connectivity index (χ2v) is 6.48. The van der Waals surface area contributed by atoms with Gasteiger partial charge in [0.05, 0.1) is 5.69 Å². The molecule has 6 nitrogen and oxygen atoms in total. The zero-order chi connectivity index (χ0) is 18.4. The van der Waals surface area contributed by atoms with Gasteiger partial charge >= 0.3 is 0 Å². The predicted molar refractivity (Wildman–Crippen MR) is 98.0 cm³/mol. The molecule has 0 spiro atoms. The maximum Gasteiger partial charge on any atom is 0.263 e. The van der Waals surface area contributed by atoms with E-state index in [-0.39, 0.29) is 23.7 Å². The number of ether oxygens (including phenoxy) is 1. The van der Waals surface area contributed by atoms with E-state index in [0.717, 1.165) is 24.2 Å². The van der Waals surface area contributed by atoms with E-state index >= 15 is 0 Å². The standard InChI is InChI=1S/C19H25N3O3/c1-13(2)7-10-22-11-8-16(23)18(15(22)4)25-12-17(24)21-19-14(3)6-5-9-20-19/h5-6,8-9,11,13H,7,10,12H2,1-4H3,(H,20,21,24). The van der Waals surface area contributed by atoms with E-state index in [1.165, 1.54) is 6.07 Å². The Hall–Kier alpha value is -2.63. The van der Waals surface area contributed by atoms with Crippen LogP contribution in [-0.2, 0) is 11.3 Å². The summed E-state index contributed by atoms with van der Waals surface area (Å²) < 4.78 is 7.50. The number of aryl methyl sites for hydroxylation is 2. The fraction of sp³-hybridized carbons (Fsp3) is 0.421. The van der Waals surface area contributed by atoms with Crippen molar-refractivity contribution < 1.29 is 9.53 Å². The highest BCUT2D eigenvalue weighted by atomic mass is 16.5. The van der Waals surface area contributed by atoms with E-state index in [2.05, 4.69) is 24.1 Å². The summed E-state index contributed by atoms with van der Waals surface area (Å²) in [6.07, 6.45) is 4.38. The third-order valence-electron chi connectivity index (χ3n) is 3.95. The Morgan fingerprint density at radius 1 is 1.32 bits per heavy atom. The Labute approximate surface area is 147 Å². The van der Waals surface area contributed by atoms with Gasteiger partial charge in [0.1, 0.15) is 5.82 Å². The molecule has 0 saturated heterocycles. The van der Waals surface area contributed by atoms with Crippen molar-refractivity contribution in [2.24, 2.45) is 5.92 Å². The van der Waals surface area contributed by atoms with Crippen LogP contribution in [0.25, 0.3) is 0 Å². The Bertz CT molecular complexity index is 797. The average molecular weight is 343 g/mol. The molecule has 0 fully saturated rings. The van der Waals surface area contributed by atoms with Gasteiger partial charge in [0, 0.05) is 25.0 Å². The number of nitrogens with one attached hydrogen (secondary N) is 1. The summed E-state index contributed by atoms with van der Waals surface area (Å²) in [6, 6.07) is 5.14. The van der Waals surface area contributed by atoms with E-state index in [9.17, 15) is 9.59 Å². The lowest BCUT2D eigenvalue weighted by atomic mass is 10.1. The summed E-state index contributed by atoms with van der Waals surface area (Å²) in [6.45, 7) is 8.56. The van der Waals surface area contributed by atoms with Gasteiger partial charge in [0.15, 0.2) is 12.4 Å². The monoisotopic (exact) mass is 343 g/mol. The Morgan fingerprint density at radius 2 is 2.08 bits per heavy atom. The van der Waals surface area contributed by atoms with Crippen LogP contribution in [0.1, 0.15) is 31.5 Å². The van der Waals surface area contributed by atoms with Crippen LogP contribution in [0, 0.1) is 19.8 Å². The Kier molecular flexibility index (Phi) is 6.33. The van der Waals surface area contributed by atoms with Crippen molar-refractivity contribution in [2.45, 2.75) is 40.7 Å². The normalized spacial score (nSPS) is 10.8. The molecular formula is C19H25N3O3. The number of nitrogens with zero attached hydrogens (tertiary/aromatic N) is 2. The number of amides is 1. The second-order valence-electron chi connectivity index (χ2n) is 6.48. The molecule has 2 aromatic heterocycles. The number of pyridine rings is 2. The summed E-state index contributed by atoms with van der Waals surface area (Å²) >= 11 is 0. The lowest BCUT2D eigenvalue weighted by molar-refractivity contribution is -0.118. The van der Waals surface area contributed by atoms with Crippen molar-refractivity contribution in [3.63, 3.8) is 0 Å². The average Bonchev–Trinajstić information content (AvgIpc) is 2.56. The molecule has 0 unspecified atom stereocenters. The van der Waals surface area contributed by atoms with Gasteiger partial charge < -0.3 is 14.6 Å². The Balaban J connectivity index is 2.04. The number of hydrogen-bond acceptors (Lipinski definition) is 4. The number of aromatic nitrogens is 2. The van der Waals surface area contributed by atoms with Gasteiger partial charge in [-0.05, 0) is 37.8 Å². The number of carbonyl (C=O) groups excluding carboxylic acids is 1. The quantitative estimate of drug-likeness (QED) is 0.839. The molecule has 2 rings (SSSR count). The highest BCUT2D eigenvalue weighted by Gasteiger charge is 2.12. The van der Waals surface area contributed by atoms with Gasteiger partial charge in [-0.3, -0.25) is 9.59 Å². The molecule has 2 aromatic rings. The van der Waals surface area contributed by atoms with E-state index in [1.54, 1.807) is 18.5 Å². The van der Waals surface area contributed by atoms with Gasteiger partial charge in [-0.25, -0.2) is 4.98 Å². The largest absolute Gasteiger partial charge is 0.478 e. The molecule has 0 radical (unpaired) electrons. The lowest BCUT2D eigenvalue weighted by Crippen LogP contribution is -2.24.